The molecule has 35 heavy (non-hydrogen) atoms. The van der Waals surface area contributed by atoms with E-state index >= 15 is 0 Å². The van der Waals surface area contributed by atoms with Crippen molar-refractivity contribution in [2.24, 2.45) is 0 Å². The Labute approximate surface area is 207 Å². The molecule has 0 radical (unpaired) electrons. The van der Waals surface area contributed by atoms with Crippen molar-refractivity contribution in [1.29, 1.82) is 0 Å². The van der Waals surface area contributed by atoms with Gasteiger partial charge in [-0.15, -0.1) is 0 Å². The Bertz CT molecular complexity index is 1220. The average molecular weight is 495 g/mol. The molecule has 0 saturated carbocycles. The van der Waals surface area contributed by atoms with Crippen molar-refractivity contribution < 1.29 is 18.7 Å². The van der Waals surface area contributed by atoms with Gasteiger partial charge in [-0.2, -0.15) is 0 Å². The maximum atomic E-state index is 14.4. The third-order valence-electron chi connectivity index (χ3n) is 5.41. The van der Waals surface area contributed by atoms with Gasteiger partial charge in [-0.05, 0) is 60.5 Å². The molecule has 4 rings (SSSR count). The van der Waals surface area contributed by atoms with Crippen LogP contribution in [0.15, 0.2) is 73.1 Å². The van der Waals surface area contributed by atoms with Crippen LogP contribution in [-0.4, -0.2) is 52.9 Å². The Kier molecular flexibility index (Phi) is 7.95. The molecule has 7 nitrogen and oxygen atoms in total. The minimum Gasteiger partial charge on any atom is -0.453 e. The molecule has 1 aromatic heterocycles. The molecule has 0 atom stereocenters. The molecule has 0 unspecified atom stereocenters. The lowest BCUT2D eigenvalue weighted by Gasteiger charge is -2.22. The topological polar surface area (TPSA) is 74.8 Å². The summed E-state index contributed by atoms with van der Waals surface area (Å²) in [6, 6.07) is 14.6. The Hall–Kier alpha value is -3.91. The Morgan fingerprint density at radius 2 is 1.86 bits per heavy atom. The summed E-state index contributed by atoms with van der Waals surface area (Å²) < 4.78 is 19.9. The molecule has 180 valence electrons. The number of pyridine rings is 1. The summed E-state index contributed by atoms with van der Waals surface area (Å²) in [5.74, 6) is -0.232. The van der Waals surface area contributed by atoms with E-state index in [2.05, 4.69) is 10.3 Å². The highest BCUT2D eigenvalue weighted by atomic mass is 35.5. The summed E-state index contributed by atoms with van der Waals surface area (Å²) >= 11 is 5.97. The molecule has 1 aliphatic rings. The van der Waals surface area contributed by atoms with Crippen LogP contribution in [0.5, 0.6) is 11.5 Å². The molecule has 3 aromatic rings. The number of carbonyl (C=O) groups excluding carboxylic acids is 2. The number of amides is 3. The van der Waals surface area contributed by atoms with Gasteiger partial charge < -0.3 is 19.9 Å². The number of aromatic nitrogens is 1. The van der Waals surface area contributed by atoms with Crippen LogP contribution in [0, 0.1) is 5.82 Å². The molecule has 0 bridgehead atoms. The summed E-state index contributed by atoms with van der Waals surface area (Å²) in [6.07, 6.45) is 6.73. The van der Waals surface area contributed by atoms with Gasteiger partial charge in [0, 0.05) is 49.2 Å². The molecule has 9 heteroatoms. The predicted octanol–water partition coefficient (Wildman–Crippen LogP) is 5.45. The van der Waals surface area contributed by atoms with Gasteiger partial charge in [0.25, 0.3) is 0 Å². The summed E-state index contributed by atoms with van der Waals surface area (Å²) in [5, 5.41) is 3.37. The first kappa shape index (κ1) is 24.2. The first-order valence-corrected chi connectivity index (χ1v) is 11.5. The standard InChI is InChI=1S/C26H24ClFN4O3/c27-20-4-1-5-21(17-20)30-26(34)32-13-3-12-31(14-15-32)25(33)10-8-19-7-9-24(23(28)16-19)35-22-6-2-11-29-18-22/h1-2,4-11,16-18H,3,12-15H2,(H,30,34)/b10-8+. The van der Waals surface area contributed by atoms with Gasteiger partial charge in [0.2, 0.25) is 5.91 Å². The van der Waals surface area contributed by atoms with E-state index in [-0.39, 0.29) is 17.7 Å². The molecule has 1 aliphatic heterocycles. The number of anilines is 1. The van der Waals surface area contributed by atoms with Crippen LogP contribution >= 0.6 is 11.6 Å². The number of hydrogen-bond donors (Lipinski definition) is 1. The monoisotopic (exact) mass is 494 g/mol. The molecule has 2 aromatic carbocycles. The van der Waals surface area contributed by atoms with E-state index < -0.39 is 5.82 Å². The molecular weight excluding hydrogens is 471 g/mol. The maximum absolute atomic E-state index is 14.4. The van der Waals surface area contributed by atoms with Crippen molar-refractivity contribution in [3.8, 4) is 11.5 Å². The lowest BCUT2D eigenvalue weighted by atomic mass is 10.2. The third kappa shape index (κ3) is 6.80. The Morgan fingerprint density at radius 1 is 1.03 bits per heavy atom. The first-order valence-electron chi connectivity index (χ1n) is 11.1. The molecule has 1 fully saturated rings. The van der Waals surface area contributed by atoms with Crippen LogP contribution in [-0.2, 0) is 4.79 Å². The van der Waals surface area contributed by atoms with Gasteiger partial charge in [0.1, 0.15) is 5.75 Å². The molecular formula is C26H24ClFN4O3. The highest BCUT2D eigenvalue weighted by molar-refractivity contribution is 6.30. The number of halogens is 2. The summed E-state index contributed by atoms with van der Waals surface area (Å²) in [5.41, 5.74) is 1.15. The van der Waals surface area contributed by atoms with Gasteiger partial charge in [-0.1, -0.05) is 23.7 Å². The van der Waals surface area contributed by atoms with Gasteiger partial charge >= 0.3 is 6.03 Å². The van der Waals surface area contributed by atoms with E-state index in [1.165, 1.54) is 24.4 Å². The number of ether oxygens (including phenoxy) is 1. The molecule has 0 spiro atoms. The Morgan fingerprint density at radius 3 is 2.63 bits per heavy atom. The summed E-state index contributed by atoms with van der Waals surface area (Å²) in [4.78, 5) is 32.6. The van der Waals surface area contributed by atoms with E-state index in [9.17, 15) is 14.0 Å². The highest BCUT2D eigenvalue weighted by Crippen LogP contribution is 2.25. The fourth-order valence-electron chi connectivity index (χ4n) is 3.62. The number of urea groups is 1. The minimum atomic E-state index is -0.542. The van der Waals surface area contributed by atoms with E-state index in [4.69, 9.17) is 16.3 Å². The van der Waals surface area contributed by atoms with E-state index in [0.717, 1.165) is 0 Å². The number of nitrogens with zero attached hydrogens (tertiary/aromatic N) is 3. The minimum absolute atomic E-state index is 0.0742. The van der Waals surface area contributed by atoms with E-state index in [1.807, 2.05) is 0 Å². The number of rotatable bonds is 5. The van der Waals surface area contributed by atoms with Crippen molar-refractivity contribution in [2.75, 3.05) is 31.5 Å². The van der Waals surface area contributed by atoms with E-state index in [0.29, 0.717) is 54.6 Å². The quantitative estimate of drug-likeness (QED) is 0.479. The largest absolute Gasteiger partial charge is 0.453 e. The summed E-state index contributed by atoms with van der Waals surface area (Å²) in [6.45, 7) is 1.86. The number of nitrogens with one attached hydrogen (secondary N) is 1. The maximum Gasteiger partial charge on any atom is 0.321 e. The lowest BCUT2D eigenvalue weighted by Crippen LogP contribution is -2.39. The normalized spacial score (nSPS) is 14.0. The molecule has 2 heterocycles. The van der Waals surface area contributed by atoms with Crippen molar-refractivity contribution in [3.05, 3.63) is 89.5 Å². The van der Waals surface area contributed by atoms with Crippen molar-refractivity contribution in [2.45, 2.75) is 6.42 Å². The number of hydrogen-bond acceptors (Lipinski definition) is 4. The van der Waals surface area contributed by atoms with Crippen LogP contribution in [0.1, 0.15) is 12.0 Å². The average Bonchev–Trinajstić information content (AvgIpc) is 3.11. The first-order chi connectivity index (χ1) is 17.0. The van der Waals surface area contributed by atoms with Crippen molar-refractivity contribution in [3.63, 3.8) is 0 Å². The third-order valence-corrected chi connectivity index (χ3v) is 5.64. The summed E-state index contributed by atoms with van der Waals surface area (Å²) in [7, 11) is 0. The van der Waals surface area contributed by atoms with Crippen LogP contribution < -0.4 is 10.1 Å². The van der Waals surface area contributed by atoms with Crippen LogP contribution in [0.25, 0.3) is 6.08 Å². The number of carbonyl (C=O) groups is 2. The van der Waals surface area contributed by atoms with Gasteiger partial charge in [0.15, 0.2) is 11.6 Å². The molecule has 0 aliphatic carbocycles. The smallest absolute Gasteiger partial charge is 0.321 e. The van der Waals surface area contributed by atoms with Crippen molar-refractivity contribution in [1.82, 2.24) is 14.8 Å². The van der Waals surface area contributed by atoms with Crippen LogP contribution in [0.2, 0.25) is 5.02 Å². The molecule has 3 amide bonds. The fraction of sp³-hybridized carbons (Fsp3) is 0.192. The van der Waals surface area contributed by atoms with Crippen LogP contribution in [0.3, 0.4) is 0 Å². The zero-order valence-corrected chi connectivity index (χ0v) is 19.6. The highest BCUT2D eigenvalue weighted by Gasteiger charge is 2.21. The lowest BCUT2D eigenvalue weighted by molar-refractivity contribution is -0.125. The van der Waals surface area contributed by atoms with E-state index in [1.54, 1.807) is 64.5 Å². The predicted molar refractivity (Wildman–Crippen MR) is 133 cm³/mol. The van der Waals surface area contributed by atoms with Crippen LogP contribution in [0.4, 0.5) is 14.9 Å². The van der Waals surface area contributed by atoms with Gasteiger partial charge in [-0.3, -0.25) is 9.78 Å². The zero-order valence-electron chi connectivity index (χ0n) is 18.9. The van der Waals surface area contributed by atoms with Crippen molar-refractivity contribution >= 4 is 35.3 Å². The zero-order chi connectivity index (χ0) is 24.6. The second-order valence-corrected chi connectivity index (χ2v) is 8.36. The van der Waals surface area contributed by atoms with Gasteiger partial charge in [-0.25, -0.2) is 9.18 Å². The molecule has 1 saturated heterocycles. The number of benzene rings is 2. The molecule has 1 N–H and O–H groups in total. The second kappa shape index (κ2) is 11.5. The fourth-order valence-corrected chi connectivity index (χ4v) is 3.81. The van der Waals surface area contributed by atoms with Gasteiger partial charge in [0.05, 0.1) is 6.20 Å². The Balaban J connectivity index is 1.31. The SMILES string of the molecule is O=C(/C=C/c1ccc(Oc2cccnc2)c(F)c1)N1CCCN(C(=O)Nc2cccc(Cl)c2)CC1. The second-order valence-electron chi connectivity index (χ2n) is 7.92.